The number of hydrogen-bond acceptors (Lipinski definition) is 6. The Balaban J connectivity index is 0.000000322. The molecule has 1 aliphatic rings. The van der Waals surface area contributed by atoms with Crippen molar-refractivity contribution in [2.75, 3.05) is 31.3 Å². The van der Waals surface area contributed by atoms with Crippen molar-refractivity contribution < 1.29 is 30.9 Å². The third-order valence-electron chi connectivity index (χ3n) is 5.79. The molecule has 9 heteroatoms. The van der Waals surface area contributed by atoms with Crippen LogP contribution in [0.25, 0.3) is 5.32 Å². The number of nitrogens with zero attached hydrogens (tertiary/aromatic N) is 5. The second kappa shape index (κ2) is 14.3. The Hall–Kier alpha value is -2.04. The predicted molar refractivity (Wildman–Crippen MR) is 126 cm³/mol. The quantitative estimate of drug-likeness (QED) is 0.430. The summed E-state index contributed by atoms with van der Waals surface area (Å²) in [6.45, 7) is 8.54. The molecular weight excluding hydrogens is 590 g/mol. The maximum Gasteiger partial charge on any atom is 0.250 e. The summed E-state index contributed by atoms with van der Waals surface area (Å²) in [6.07, 6.45) is 6.18. The van der Waals surface area contributed by atoms with Crippen molar-refractivity contribution >= 4 is 5.82 Å². The summed E-state index contributed by atoms with van der Waals surface area (Å²) in [6, 6.07) is 9.58. The Morgan fingerprint density at radius 2 is 2.09 bits per heavy atom. The van der Waals surface area contributed by atoms with Gasteiger partial charge < -0.3 is 24.6 Å². The number of aliphatic hydroxyl groups excluding tert-OH is 1. The van der Waals surface area contributed by atoms with Crippen molar-refractivity contribution in [2.24, 2.45) is 7.05 Å². The van der Waals surface area contributed by atoms with Crippen LogP contribution >= 0.6 is 0 Å². The van der Waals surface area contributed by atoms with Crippen molar-refractivity contribution in [1.82, 2.24) is 9.55 Å². The Bertz CT molecular complexity index is 938. The molecule has 180 valence electrons. The van der Waals surface area contributed by atoms with E-state index in [1.165, 1.54) is 4.57 Å². The first-order valence-corrected chi connectivity index (χ1v) is 11.1. The molecule has 1 fully saturated rings. The third-order valence-corrected chi connectivity index (χ3v) is 5.79. The molecule has 0 saturated heterocycles. The molecule has 0 aliphatic heterocycles. The molecule has 2 aromatic rings. The molecule has 1 atom stereocenters. The molecule has 2 aromatic heterocycles. The van der Waals surface area contributed by atoms with Gasteiger partial charge in [-0.3, -0.25) is 4.79 Å². The number of pyridine rings is 2. The minimum absolute atomic E-state index is 0. The fraction of sp³-hybridized carbons (Fsp3) is 0.542. The molecule has 0 bridgehead atoms. The molecule has 33 heavy (non-hydrogen) atoms. The summed E-state index contributed by atoms with van der Waals surface area (Å²) in [5.74, 6) is 0.908. The first-order chi connectivity index (χ1) is 15.4. The maximum absolute atomic E-state index is 11.5. The van der Waals surface area contributed by atoms with Gasteiger partial charge in [0.2, 0.25) is 0 Å². The summed E-state index contributed by atoms with van der Waals surface area (Å²) >= 11 is 0. The Morgan fingerprint density at radius 3 is 2.55 bits per heavy atom. The number of rotatable bonds is 9. The Labute approximate surface area is 210 Å². The van der Waals surface area contributed by atoms with Gasteiger partial charge in [0.05, 0.1) is 11.2 Å². The number of aromatic nitrogens is 2. The van der Waals surface area contributed by atoms with Crippen molar-refractivity contribution in [2.45, 2.75) is 51.7 Å². The van der Waals surface area contributed by atoms with Crippen LogP contribution in [0.4, 0.5) is 5.82 Å². The van der Waals surface area contributed by atoms with E-state index in [9.17, 15) is 4.79 Å². The van der Waals surface area contributed by atoms with Crippen LogP contribution in [0.3, 0.4) is 0 Å². The number of ether oxygens (including phenoxy) is 1. The van der Waals surface area contributed by atoms with E-state index in [1.54, 1.807) is 31.6 Å². The molecular formula is C24H34N5O3W-. The van der Waals surface area contributed by atoms with Crippen LogP contribution in [0, 0.1) is 11.3 Å². The van der Waals surface area contributed by atoms with Crippen LogP contribution in [0.15, 0.2) is 41.5 Å². The zero-order valence-corrected chi connectivity index (χ0v) is 22.8. The van der Waals surface area contributed by atoms with Gasteiger partial charge in [-0.15, -0.1) is 6.54 Å². The fourth-order valence-corrected chi connectivity index (χ4v) is 3.71. The van der Waals surface area contributed by atoms with E-state index < -0.39 is 5.60 Å². The van der Waals surface area contributed by atoms with Crippen molar-refractivity contribution in [3.05, 3.63) is 63.5 Å². The molecule has 1 aliphatic carbocycles. The van der Waals surface area contributed by atoms with Crippen molar-refractivity contribution in [3.63, 3.8) is 0 Å². The van der Waals surface area contributed by atoms with Gasteiger partial charge in [-0.2, -0.15) is 11.8 Å². The second-order valence-electron chi connectivity index (χ2n) is 7.86. The number of aliphatic hydroxyl groups is 1. The average molecular weight is 624 g/mol. The minimum Gasteiger partial charge on any atom is -0.661 e. The van der Waals surface area contributed by atoms with E-state index in [0.717, 1.165) is 50.3 Å². The van der Waals surface area contributed by atoms with E-state index in [4.69, 9.17) is 15.1 Å². The van der Waals surface area contributed by atoms with Gasteiger partial charge >= 0.3 is 0 Å². The predicted octanol–water partition coefficient (Wildman–Crippen LogP) is 3.29. The normalized spacial score (nSPS) is 14.5. The molecule has 1 unspecified atom stereocenters. The van der Waals surface area contributed by atoms with E-state index in [1.807, 2.05) is 19.1 Å². The number of hydrogen-bond donors (Lipinski definition) is 1. The smallest absolute Gasteiger partial charge is 0.250 e. The summed E-state index contributed by atoms with van der Waals surface area (Å²) < 4.78 is 6.88. The monoisotopic (exact) mass is 624 g/mol. The number of aryl methyl sites for hydroxylation is 1. The largest absolute Gasteiger partial charge is 0.661 e. The third kappa shape index (κ3) is 7.75. The summed E-state index contributed by atoms with van der Waals surface area (Å²) in [4.78, 5) is 18.0. The van der Waals surface area contributed by atoms with Crippen LogP contribution < -0.4 is 10.5 Å². The molecule has 1 N–H and O–H groups in total. The van der Waals surface area contributed by atoms with Gasteiger partial charge in [0.15, 0.2) is 0 Å². The van der Waals surface area contributed by atoms with Gasteiger partial charge in [-0.25, -0.2) is 4.98 Å². The van der Waals surface area contributed by atoms with E-state index >= 15 is 0 Å². The topological polar surface area (TPSA) is 105 Å². The van der Waals surface area contributed by atoms with Crippen molar-refractivity contribution in [1.29, 1.82) is 5.26 Å². The summed E-state index contributed by atoms with van der Waals surface area (Å²) in [7, 11) is 1.71. The number of nitriles is 1. The van der Waals surface area contributed by atoms with Gasteiger partial charge in [-0.1, -0.05) is 6.92 Å². The SMILES string of the molecule is CC[N-]CC(C)N(CC)c1ccc(C#N)cn1.Cn1ccc(C2(OCO)CCC2)cc1=O.[W]. The molecule has 0 aromatic carbocycles. The molecule has 8 nitrogen and oxygen atoms in total. The van der Waals surface area contributed by atoms with Crippen LogP contribution in [0.1, 0.15) is 51.2 Å². The Morgan fingerprint density at radius 1 is 1.36 bits per heavy atom. The molecule has 3 rings (SSSR count). The van der Waals surface area contributed by atoms with Gasteiger partial charge in [-0.05, 0) is 56.9 Å². The van der Waals surface area contributed by atoms with Gasteiger partial charge in [0.25, 0.3) is 5.56 Å². The minimum atomic E-state index is -0.415. The van der Waals surface area contributed by atoms with E-state index in [0.29, 0.717) is 11.6 Å². The first-order valence-electron chi connectivity index (χ1n) is 11.1. The first kappa shape index (κ1) is 29.0. The zero-order chi connectivity index (χ0) is 23.6. The summed E-state index contributed by atoms with van der Waals surface area (Å²) in [5.41, 5.74) is 1.02. The fourth-order valence-electron chi connectivity index (χ4n) is 3.71. The number of likely N-dealkylation sites (N-methyl/N-ethyl adjacent to an activating group) is 2. The van der Waals surface area contributed by atoms with Crippen LogP contribution in [-0.4, -0.2) is 47.1 Å². The van der Waals surface area contributed by atoms with E-state index in [2.05, 4.69) is 35.1 Å². The van der Waals surface area contributed by atoms with E-state index in [-0.39, 0.29) is 33.4 Å². The molecule has 0 spiro atoms. The molecule has 2 heterocycles. The summed E-state index contributed by atoms with van der Waals surface area (Å²) in [5, 5.41) is 22.0. The number of anilines is 1. The van der Waals surface area contributed by atoms with Crippen LogP contribution in [0.5, 0.6) is 0 Å². The second-order valence-corrected chi connectivity index (χ2v) is 7.86. The molecule has 0 amide bonds. The van der Waals surface area contributed by atoms with Gasteiger partial charge in [0.1, 0.15) is 18.7 Å². The standard InChI is InChI=1S/C13H19N4.C11H15NO3.W/c1-4-15-9-11(3)17(5-2)13-7-6-12(8-14)10-16-13;1-12-6-3-9(7-10(12)14)11(15-8-13)4-2-5-11;/h6-7,10-11H,4-5,9H2,1-3H3;3,6-7,13H,2,4-5,8H2,1H3;/q-1;;. The average Bonchev–Trinajstić information content (AvgIpc) is 2.78. The van der Waals surface area contributed by atoms with Gasteiger partial charge in [0, 0.05) is 59.2 Å². The molecule has 1 saturated carbocycles. The zero-order valence-electron chi connectivity index (χ0n) is 19.9. The molecule has 0 radical (unpaired) electrons. The van der Waals surface area contributed by atoms with Crippen LogP contribution in [0.2, 0.25) is 0 Å². The van der Waals surface area contributed by atoms with Crippen LogP contribution in [-0.2, 0) is 38.5 Å². The maximum atomic E-state index is 11.5. The van der Waals surface area contributed by atoms with Crippen molar-refractivity contribution in [3.8, 4) is 6.07 Å². The Kier molecular flexibility index (Phi) is 12.5.